The average Bonchev–Trinajstić information content (AvgIpc) is 0.919. The first-order valence-electron chi connectivity index (χ1n) is 31.5. The van der Waals surface area contributed by atoms with Crippen LogP contribution in [0, 0.1) is 23.7 Å². The number of likely N-dealkylation sites (N-methyl/N-ethyl adjacent to an activating group) is 1. The van der Waals surface area contributed by atoms with Gasteiger partial charge in [-0.3, -0.25) is 14.4 Å². The lowest BCUT2D eigenvalue weighted by Gasteiger charge is -2.31. The lowest BCUT2D eigenvalue weighted by atomic mass is 10.0. The van der Waals surface area contributed by atoms with E-state index in [-0.39, 0.29) is 48.4 Å². The van der Waals surface area contributed by atoms with E-state index in [0.29, 0.717) is 6.42 Å². The molecule has 1 saturated heterocycles. The van der Waals surface area contributed by atoms with Crippen molar-refractivity contribution in [2.45, 2.75) is 229 Å². The number of aliphatic hydroxyl groups excluding tert-OH is 1. The highest BCUT2D eigenvalue weighted by Gasteiger charge is 2.29. The van der Waals surface area contributed by atoms with Gasteiger partial charge in [-0.25, -0.2) is 0 Å². The molecule has 0 aromatic heterocycles. The van der Waals surface area contributed by atoms with E-state index in [1.807, 2.05) is 151 Å². The highest BCUT2D eigenvalue weighted by Crippen LogP contribution is 2.12. The molecule has 27 heteroatoms. The number of likely N-dealkylation sites (tertiary alicyclic amines) is 1. The normalized spacial score (nSPS) is 8.20. The first-order valence-corrected chi connectivity index (χ1v) is 31.5. The van der Waals surface area contributed by atoms with Gasteiger partial charge in [0.25, 0.3) is 0 Å². The second-order valence-corrected chi connectivity index (χ2v) is 17.0. The van der Waals surface area contributed by atoms with E-state index in [4.69, 9.17) is 53.1 Å². The second-order valence-electron chi connectivity index (χ2n) is 17.0. The summed E-state index contributed by atoms with van der Waals surface area (Å²) in [5.74, 6) is 2.95. The van der Waals surface area contributed by atoms with Gasteiger partial charge in [0.1, 0.15) is 80.0 Å². The van der Waals surface area contributed by atoms with Gasteiger partial charge >= 0.3 is 0 Å². The Morgan fingerprint density at radius 2 is 0.626 bits per heavy atom. The van der Waals surface area contributed by atoms with E-state index in [2.05, 4.69) is 154 Å². The largest absolute Gasteiger partial charge is 0.394 e. The second kappa shape index (κ2) is 235. The Morgan fingerprint density at radius 3 is 0.788 bits per heavy atom. The molecule has 0 saturated carbocycles. The van der Waals surface area contributed by atoms with Gasteiger partial charge in [-0.1, -0.05) is 211 Å². The van der Waals surface area contributed by atoms with Gasteiger partial charge in [0, 0.05) is 39.6 Å². The zero-order valence-electron chi connectivity index (χ0n) is 69.9. The summed E-state index contributed by atoms with van der Waals surface area (Å²) < 4.78 is 0. The summed E-state index contributed by atoms with van der Waals surface area (Å²) in [4.78, 5) is 120. The molecule has 610 valence electrons. The predicted molar refractivity (Wildman–Crippen MR) is 435 cm³/mol. The summed E-state index contributed by atoms with van der Waals surface area (Å²) in [5, 5.41) is 10.9. The van der Waals surface area contributed by atoms with Crippen LogP contribution in [-0.2, 0) is 75.2 Å². The highest BCUT2D eigenvalue weighted by molar-refractivity contribution is 5.91. The van der Waals surface area contributed by atoms with Crippen molar-refractivity contribution in [1.29, 1.82) is 0 Å². The minimum Gasteiger partial charge on any atom is -0.394 e. The Kier molecular flexibility index (Phi) is 428. The van der Waals surface area contributed by atoms with Crippen molar-refractivity contribution in [3.63, 3.8) is 0 Å². The zero-order valence-corrected chi connectivity index (χ0v) is 69.9. The molecular formula is C72H173N13O14. The van der Waals surface area contributed by atoms with E-state index < -0.39 is 12.1 Å². The Morgan fingerprint density at radius 1 is 0.434 bits per heavy atom. The fraction of sp³-hybridized carbons (Fsp3) is 0.653. The van der Waals surface area contributed by atoms with Gasteiger partial charge in [-0.05, 0) is 124 Å². The van der Waals surface area contributed by atoms with Gasteiger partial charge in [0.2, 0.25) is 17.7 Å². The Balaban J connectivity index is -0.0000000243. The van der Waals surface area contributed by atoms with Gasteiger partial charge in [0.15, 0.2) is 0 Å². The predicted octanol–water partition coefficient (Wildman–Crippen LogP) is 11.4. The number of nitrogens with two attached hydrogens (primary N) is 6. The number of aryl methyl sites for hydroxylation is 1. The van der Waals surface area contributed by atoms with Gasteiger partial charge in [-0.15, -0.1) is 0 Å². The molecule has 0 bridgehead atoms. The number of nitrogens with zero attached hydrogens (tertiary/aromatic N) is 2. The van der Waals surface area contributed by atoms with Crippen LogP contribution in [-0.4, -0.2) is 181 Å². The number of benzene rings is 2. The summed E-state index contributed by atoms with van der Waals surface area (Å²) in [6.07, 6.45) is 8.47. The first-order chi connectivity index (χ1) is 45.6. The maximum atomic E-state index is 12.8. The van der Waals surface area contributed by atoms with Crippen molar-refractivity contribution in [3.05, 3.63) is 71.8 Å². The van der Waals surface area contributed by atoms with Crippen LogP contribution in [0.25, 0.3) is 0 Å². The van der Waals surface area contributed by atoms with Crippen LogP contribution in [0.2, 0.25) is 0 Å². The van der Waals surface area contributed by atoms with Gasteiger partial charge in [0.05, 0.1) is 0 Å². The molecular weight excluding hydrogens is 1270 g/mol. The molecule has 99 heavy (non-hydrogen) atoms. The molecule has 1 aliphatic heterocycles. The average molecular weight is 1450 g/mol. The molecule has 27 nitrogen and oxygen atoms in total. The van der Waals surface area contributed by atoms with Crippen LogP contribution in [0.3, 0.4) is 0 Å². The van der Waals surface area contributed by atoms with Crippen molar-refractivity contribution in [2.75, 3.05) is 62.4 Å². The van der Waals surface area contributed by atoms with Crippen LogP contribution >= 0.6 is 0 Å². The zero-order chi connectivity index (χ0) is 82.9. The fourth-order valence-electron chi connectivity index (χ4n) is 3.94. The summed E-state index contributed by atoms with van der Waals surface area (Å²) in [7, 11) is 10.6. The van der Waals surface area contributed by atoms with Crippen LogP contribution in [0.4, 0.5) is 0 Å². The third-order valence-corrected chi connectivity index (χ3v) is 8.64. The van der Waals surface area contributed by atoms with Crippen molar-refractivity contribution in [2.24, 2.45) is 58.1 Å². The number of hydrogen-bond donors (Lipinski definition) is 12. The molecule has 0 unspecified atom stereocenters. The summed E-state index contributed by atoms with van der Waals surface area (Å²) in [5.41, 5.74) is 29.4. The third kappa shape index (κ3) is 256. The number of nitrogens with one attached hydrogen (secondary N) is 1. The van der Waals surface area contributed by atoms with E-state index in [1.54, 1.807) is 27.8 Å². The number of hydrogen-bond acceptors (Lipinski definition) is 24. The first kappa shape index (κ1) is 180. The molecule has 2 aromatic rings. The Bertz CT molecular complexity index is 1350. The van der Waals surface area contributed by atoms with Crippen molar-refractivity contribution in [3.8, 4) is 0 Å². The standard InChI is InChI=1S/C20H29N3O3.C8H10.3C5H12.C4H10.C3H8O.3C2H6.6CH5N.10CH2O.4H3N/c1-15(20(26)23-12-8-5-9-13-23)21-19(25)18(22(3)16(2)24)14-17-10-6-4-7-11-17;1-2-8-6-4-3-5-7-8;3*1-4-5(2)3;1-4(2)3;1-3(2)4;19*1-2;;;;/h4,6-7,10-11,15,18H,5,8-9,12-14H2,1-3H3,(H,21,25);3-7H,2H2,1H3;3*5H,4H2,1-3H3;4H,1-3H3;3-4H,1-2H3;3*1-2H3;6*2H2,1H3;10*1H2;4*1H3/t15-,18-;;;;;;;;;;;;;;;;;;;;;;;;;;;;;/m0............................./s1. The maximum absolute atomic E-state index is 12.8. The lowest BCUT2D eigenvalue weighted by molar-refractivity contribution is -0.140. The van der Waals surface area contributed by atoms with Crippen molar-refractivity contribution < 1.29 is 67.4 Å². The number of piperidine rings is 1. The summed E-state index contributed by atoms with van der Waals surface area (Å²) in [6.45, 7) is 68.7. The highest BCUT2D eigenvalue weighted by atomic mass is 16.3. The lowest BCUT2D eigenvalue weighted by Crippen LogP contribution is -2.54. The van der Waals surface area contributed by atoms with Crippen LogP contribution in [0.5, 0.6) is 0 Å². The number of carbonyl (C=O) groups is 13. The smallest absolute Gasteiger partial charge is 0.244 e. The number of carbonyl (C=O) groups excluding carboxylic acids is 13. The minimum atomic E-state index is -0.647. The fourth-order valence-corrected chi connectivity index (χ4v) is 3.94. The quantitative estimate of drug-likeness (QED) is 0.105. The topological polar surface area (TPSA) is 557 Å². The monoisotopic (exact) mass is 1440 g/mol. The number of rotatable bonds is 10. The van der Waals surface area contributed by atoms with E-state index in [1.165, 1.54) is 78.9 Å². The molecule has 3 rings (SSSR count). The van der Waals surface area contributed by atoms with Gasteiger partial charge in [-0.2, -0.15) is 0 Å². The van der Waals surface area contributed by atoms with Crippen molar-refractivity contribution in [1.82, 2.24) is 39.7 Å². The Hall–Kier alpha value is -6.89. The number of amides is 3. The molecule has 1 heterocycles. The minimum absolute atomic E-state index is 0. The Labute approximate surface area is 611 Å². The molecule has 26 N–H and O–H groups in total. The third-order valence-electron chi connectivity index (χ3n) is 8.64. The summed E-state index contributed by atoms with van der Waals surface area (Å²) in [6, 6.07) is 18.8. The van der Waals surface area contributed by atoms with Crippen molar-refractivity contribution >= 4 is 85.6 Å². The van der Waals surface area contributed by atoms with Crippen LogP contribution in [0.15, 0.2) is 60.7 Å². The van der Waals surface area contributed by atoms with Crippen LogP contribution in [0.1, 0.15) is 209 Å². The number of aliphatic hydroxyl groups is 1. The molecule has 2 aromatic carbocycles. The summed E-state index contributed by atoms with van der Waals surface area (Å²) >= 11 is 0. The van der Waals surface area contributed by atoms with Gasteiger partial charge < -0.3 is 127 Å². The maximum Gasteiger partial charge on any atom is 0.244 e. The molecule has 1 fully saturated rings. The molecule has 1 aliphatic rings. The van der Waals surface area contributed by atoms with E-state index >= 15 is 0 Å². The van der Waals surface area contributed by atoms with E-state index in [9.17, 15) is 14.4 Å². The molecule has 0 radical (unpaired) electrons. The molecule has 0 spiro atoms. The molecule has 0 aliphatic carbocycles. The van der Waals surface area contributed by atoms with E-state index in [0.717, 1.165) is 68.0 Å². The molecule has 2 atom stereocenters. The van der Waals surface area contributed by atoms with Crippen LogP contribution < -0.4 is 64.3 Å². The molecule has 3 amide bonds. The SMILES string of the molecule is C=O.C=O.C=O.C=O.C=O.C=O.C=O.C=O.C=O.C=O.CC.CC.CC.CC(=O)N(C)[C@@H](Cc1ccccc1)C(=O)N[C@@H](C)C(=O)N1CCCCC1.CC(C)C.CC(C)O.CCC(C)C.CCC(C)C.CCC(C)C.CCc1ccccc1.CN.CN.CN.CN.CN.CN.N.N.N.N.